The van der Waals surface area contributed by atoms with Gasteiger partial charge in [-0.3, -0.25) is 9.69 Å². The van der Waals surface area contributed by atoms with Crippen LogP contribution in [0.3, 0.4) is 0 Å². The first-order valence-electron chi connectivity index (χ1n) is 11.4. The van der Waals surface area contributed by atoms with Crippen LogP contribution >= 0.6 is 0 Å². The van der Waals surface area contributed by atoms with E-state index >= 15 is 0 Å². The van der Waals surface area contributed by atoms with Crippen LogP contribution in [0.5, 0.6) is 0 Å². The predicted molar refractivity (Wildman–Crippen MR) is 117 cm³/mol. The summed E-state index contributed by atoms with van der Waals surface area (Å²) in [5.41, 5.74) is 2.99. The lowest BCUT2D eigenvalue weighted by atomic mass is 9.74. The summed E-state index contributed by atoms with van der Waals surface area (Å²) in [6.07, 6.45) is 11.8. The molecule has 4 nitrogen and oxygen atoms in total. The second kappa shape index (κ2) is 8.61. The number of likely N-dealkylation sites (tertiary alicyclic amines) is 1. The van der Waals surface area contributed by atoms with Gasteiger partial charge in [0.2, 0.25) is 5.91 Å². The number of amides is 1. The minimum atomic E-state index is -0.789. The topological polar surface area (TPSA) is 43.8 Å². The maximum absolute atomic E-state index is 12.2. The molecule has 1 heterocycles. The van der Waals surface area contributed by atoms with Gasteiger partial charge in [0.05, 0.1) is 5.60 Å². The van der Waals surface area contributed by atoms with Crippen molar-refractivity contribution in [3.8, 4) is 0 Å². The first kappa shape index (κ1) is 20.6. The molecule has 1 aromatic rings. The van der Waals surface area contributed by atoms with Crippen molar-refractivity contribution in [1.29, 1.82) is 0 Å². The summed E-state index contributed by atoms with van der Waals surface area (Å²) < 4.78 is 0. The molecule has 3 fully saturated rings. The maximum Gasteiger partial charge on any atom is 0.225 e. The smallest absolute Gasteiger partial charge is 0.225 e. The molecule has 1 N–H and O–H groups in total. The molecule has 1 aromatic carbocycles. The molecule has 0 radical (unpaired) electrons. The average Bonchev–Trinajstić information content (AvgIpc) is 2.68. The Kier molecular flexibility index (Phi) is 6.12. The number of nitrogens with zero attached hydrogens (tertiary/aromatic N) is 2. The Hall–Kier alpha value is -1.65. The third-order valence-electron chi connectivity index (χ3n) is 7.45. The maximum atomic E-state index is 12.2. The van der Waals surface area contributed by atoms with Crippen molar-refractivity contribution < 1.29 is 9.90 Å². The van der Waals surface area contributed by atoms with Crippen molar-refractivity contribution >= 4 is 12.0 Å². The summed E-state index contributed by atoms with van der Waals surface area (Å²) in [7, 11) is 3.63. The van der Waals surface area contributed by atoms with Crippen LogP contribution < -0.4 is 0 Å². The molecule has 2 saturated carbocycles. The quantitative estimate of drug-likeness (QED) is 0.830. The van der Waals surface area contributed by atoms with Gasteiger partial charge in [-0.1, -0.05) is 42.3 Å². The highest BCUT2D eigenvalue weighted by atomic mass is 16.3. The second-order valence-corrected chi connectivity index (χ2v) is 9.58. The van der Waals surface area contributed by atoms with Gasteiger partial charge in [-0.05, 0) is 62.5 Å². The molecule has 1 saturated heterocycles. The molecule has 2 aliphatic carbocycles. The number of hydrogen-bond donors (Lipinski definition) is 1. The second-order valence-electron chi connectivity index (χ2n) is 9.58. The van der Waals surface area contributed by atoms with Crippen LogP contribution in [0.4, 0.5) is 0 Å². The number of aliphatic hydroxyl groups is 1. The van der Waals surface area contributed by atoms with E-state index in [9.17, 15) is 9.90 Å². The van der Waals surface area contributed by atoms with Crippen LogP contribution in [0.2, 0.25) is 0 Å². The van der Waals surface area contributed by atoms with E-state index in [0.717, 1.165) is 24.4 Å². The van der Waals surface area contributed by atoms with Gasteiger partial charge in [-0.15, -0.1) is 0 Å². The zero-order valence-corrected chi connectivity index (χ0v) is 18.1. The van der Waals surface area contributed by atoms with E-state index in [-0.39, 0.29) is 11.8 Å². The predicted octanol–water partition coefficient (Wildman–Crippen LogP) is 4.18. The lowest BCUT2D eigenvalue weighted by Gasteiger charge is -2.40. The third kappa shape index (κ3) is 4.59. The lowest BCUT2D eigenvalue weighted by Crippen LogP contribution is -2.43. The highest BCUT2D eigenvalue weighted by molar-refractivity contribution is 5.78. The van der Waals surface area contributed by atoms with Gasteiger partial charge in [0.25, 0.3) is 0 Å². The molecular weight excluding hydrogens is 360 g/mol. The number of piperidine rings is 1. The van der Waals surface area contributed by atoms with Crippen molar-refractivity contribution in [2.24, 2.45) is 5.92 Å². The van der Waals surface area contributed by atoms with Gasteiger partial charge in [0.15, 0.2) is 0 Å². The third-order valence-corrected chi connectivity index (χ3v) is 7.45. The lowest BCUT2D eigenvalue weighted by molar-refractivity contribution is -0.136. The van der Waals surface area contributed by atoms with Crippen LogP contribution in [0, 0.1) is 5.92 Å². The van der Waals surface area contributed by atoms with E-state index in [1.165, 1.54) is 50.8 Å². The standard InChI is InChI=1S/C25H36N2O2/c1-26(2)24(28)21-10-14-25(29,15-11-21)22-8-6-19(7-9-22)18-20-12-16-27(17-13-20)23-4-3-5-23/h6-9,18,21,23,29H,3-5,10-17H2,1-2H3. The van der Waals surface area contributed by atoms with E-state index in [0.29, 0.717) is 12.8 Å². The summed E-state index contributed by atoms with van der Waals surface area (Å²) in [6.45, 7) is 2.42. The summed E-state index contributed by atoms with van der Waals surface area (Å²) in [4.78, 5) is 16.5. The molecule has 4 heteroatoms. The summed E-state index contributed by atoms with van der Waals surface area (Å²) in [5, 5.41) is 11.2. The Bertz CT molecular complexity index is 731. The van der Waals surface area contributed by atoms with Crippen LogP contribution in [0.25, 0.3) is 6.08 Å². The van der Waals surface area contributed by atoms with Crippen LogP contribution in [-0.2, 0) is 10.4 Å². The Morgan fingerprint density at radius 2 is 1.69 bits per heavy atom. The number of benzene rings is 1. The van der Waals surface area contributed by atoms with Gasteiger partial charge in [-0.25, -0.2) is 0 Å². The molecule has 0 atom stereocenters. The summed E-state index contributed by atoms with van der Waals surface area (Å²) >= 11 is 0. The summed E-state index contributed by atoms with van der Waals surface area (Å²) in [5.74, 6) is 0.248. The van der Waals surface area contributed by atoms with Crippen molar-refractivity contribution in [1.82, 2.24) is 9.80 Å². The van der Waals surface area contributed by atoms with Crippen LogP contribution in [0.1, 0.15) is 68.9 Å². The van der Waals surface area contributed by atoms with Crippen LogP contribution in [0.15, 0.2) is 29.8 Å². The van der Waals surface area contributed by atoms with E-state index in [2.05, 4.69) is 35.2 Å². The Morgan fingerprint density at radius 3 is 2.21 bits per heavy atom. The van der Waals surface area contributed by atoms with Gasteiger partial charge in [-0.2, -0.15) is 0 Å². The molecular formula is C25H36N2O2. The molecule has 4 rings (SSSR count). The van der Waals surface area contributed by atoms with E-state index in [4.69, 9.17) is 0 Å². The fourth-order valence-corrected chi connectivity index (χ4v) is 5.19. The van der Waals surface area contributed by atoms with E-state index in [1.807, 2.05) is 14.1 Å². The monoisotopic (exact) mass is 396 g/mol. The van der Waals surface area contributed by atoms with Crippen molar-refractivity contribution in [2.75, 3.05) is 27.2 Å². The van der Waals surface area contributed by atoms with Gasteiger partial charge in [0, 0.05) is 39.1 Å². The van der Waals surface area contributed by atoms with E-state index in [1.54, 1.807) is 10.5 Å². The molecule has 0 spiro atoms. The van der Waals surface area contributed by atoms with Gasteiger partial charge >= 0.3 is 0 Å². The van der Waals surface area contributed by atoms with Crippen molar-refractivity contribution in [3.63, 3.8) is 0 Å². The molecule has 0 unspecified atom stereocenters. The zero-order chi connectivity index (χ0) is 20.4. The molecule has 158 valence electrons. The van der Waals surface area contributed by atoms with Gasteiger partial charge < -0.3 is 10.0 Å². The van der Waals surface area contributed by atoms with Crippen molar-refractivity contribution in [2.45, 2.75) is 69.4 Å². The molecule has 3 aliphatic rings. The molecule has 29 heavy (non-hydrogen) atoms. The summed E-state index contributed by atoms with van der Waals surface area (Å²) in [6, 6.07) is 9.33. The highest BCUT2D eigenvalue weighted by Gasteiger charge is 2.37. The Labute approximate surface area is 175 Å². The Balaban J connectivity index is 1.34. The molecule has 1 amide bonds. The number of carbonyl (C=O) groups is 1. The number of rotatable bonds is 4. The number of hydrogen-bond acceptors (Lipinski definition) is 3. The largest absolute Gasteiger partial charge is 0.385 e. The first-order chi connectivity index (χ1) is 13.9. The van der Waals surface area contributed by atoms with Crippen molar-refractivity contribution in [3.05, 3.63) is 41.0 Å². The minimum Gasteiger partial charge on any atom is -0.385 e. The highest BCUT2D eigenvalue weighted by Crippen LogP contribution is 2.40. The molecule has 0 aromatic heterocycles. The molecule has 0 bridgehead atoms. The van der Waals surface area contributed by atoms with Gasteiger partial charge in [0.1, 0.15) is 0 Å². The first-order valence-corrected chi connectivity index (χ1v) is 11.4. The SMILES string of the molecule is CN(C)C(=O)C1CCC(O)(c2ccc(C=C3CCN(C4CCC4)CC3)cc2)CC1. The fourth-order valence-electron chi connectivity index (χ4n) is 5.19. The van der Waals surface area contributed by atoms with E-state index < -0.39 is 5.60 Å². The fraction of sp³-hybridized carbons (Fsp3) is 0.640. The minimum absolute atomic E-state index is 0.0556. The zero-order valence-electron chi connectivity index (χ0n) is 18.1. The number of carbonyl (C=O) groups excluding carboxylic acids is 1. The van der Waals surface area contributed by atoms with Crippen LogP contribution in [-0.4, -0.2) is 54.0 Å². The normalized spacial score (nSPS) is 28.7. The average molecular weight is 397 g/mol. The molecule has 1 aliphatic heterocycles. The Morgan fingerprint density at radius 1 is 1.07 bits per heavy atom.